The highest BCUT2D eigenvalue weighted by atomic mass is 16.5. The number of nitrogens with one attached hydrogen (secondary N) is 2. The van der Waals surface area contributed by atoms with Crippen molar-refractivity contribution in [1.29, 1.82) is 0 Å². The molecule has 1 fully saturated rings. The molecule has 2 aromatic carbocycles. The van der Waals surface area contributed by atoms with Crippen molar-refractivity contribution in [1.82, 2.24) is 5.32 Å². The van der Waals surface area contributed by atoms with E-state index in [2.05, 4.69) is 32.7 Å². The molecule has 7 heteroatoms. The maximum atomic E-state index is 5.66. The minimum absolute atomic E-state index is 0.546. The molecule has 1 atom stereocenters. The normalized spacial score (nSPS) is 16.3. The number of hydrogen-bond donors (Lipinski definition) is 2. The molecule has 1 unspecified atom stereocenters. The second kappa shape index (κ2) is 10.6. The lowest BCUT2D eigenvalue weighted by Crippen LogP contribution is -2.35. The Morgan fingerprint density at radius 3 is 2.73 bits per heavy atom. The third-order valence-corrected chi connectivity index (χ3v) is 5.21. The van der Waals surface area contributed by atoms with Crippen molar-refractivity contribution in [2.45, 2.75) is 13.3 Å². The van der Waals surface area contributed by atoms with Gasteiger partial charge in [0.2, 0.25) is 0 Å². The molecule has 0 spiro atoms. The highest BCUT2D eigenvalue weighted by Gasteiger charge is 2.23. The molecular weight excluding hydrogens is 380 g/mol. The molecule has 1 aliphatic rings. The van der Waals surface area contributed by atoms with Gasteiger partial charge in [0.15, 0.2) is 17.5 Å². The molecule has 1 aliphatic heterocycles. The number of nitrogens with zero attached hydrogens (tertiary/aromatic N) is 2. The number of benzene rings is 2. The molecule has 1 heterocycles. The van der Waals surface area contributed by atoms with Crippen LogP contribution in [0.5, 0.6) is 17.2 Å². The topological polar surface area (TPSA) is 67.4 Å². The summed E-state index contributed by atoms with van der Waals surface area (Å²) in [5.41, 5.74) is 2.11. The largest absolute Gasteiger partial charge is 0.497 e. The second-order valence-electron chi connectivity index (χ2n) is 7.18. The lowest BCUT2D eigenvalue weighted by atomic mass is 10.1. The van der Waals surface area contributed by atoms with E-state index in [1.54, 1.807) is 21.3 Å². The first-order valence-electron chi connectivity index (χ1n) is 10.3. The van der Waals surface area contributed by atoms with Crippen molar-refractivity contribution in [3.8, 4) is 17.2 Å². The van der Waals surface area contributed by atoms with Crippen molar-refractivity contribution >= 4 is 17.3 Å². The van der Waals surface area contributed by atoms with Crippen LogP contribution in [-0.4, -0.2) is 53.5 Å². The number of ether oxygens (including phenoxy) is 3. The molecule has 1 saturated heterocycles. The Labute approximate surface area is 179 Å². The third-order valence-electron chi connectivity index (χ3n) is 5.21. The van der Waals surface area contributed by atoms with Crippen LogP contribution in [0.25, 0.3) is 0 Å². The van der Waals surface area contributed by atoms with Crippen LogP contribution in [0.2, 0.25) is 0 Å². The summed E-state index contributed by atoms with van der Waals surface area (Å²) in [4.78, 5) is 6.76. The summed E-state index contributed by atoms with van der Waals surface area (Å²) < 4.78 is 16.4. The fraction of sp³-hybridized carbons (Fsp3) is 0.435. The molecule has 0 saturated carbocycles. The number of guanidine groups is 1. The number of rotatable bonds is 8. The van der Waals surface area contributed by atoms with E-state index in [-0.39, 0.29) is 0 Å². The van der Waals surface area contributed by atoms with E-state index in [1.165, 1.54) is 5.69 Å². The zero-order valence-electron chi connectivity index (χ0n) is 18.3. The Bertz CT molecular complexity index is 856. The molecule has 162 valence electrons. The van der Waals surface area contributed by atoms with Gasteiger partial charge in [0.25, 0.3) is 0 Å². The first kappa shape index (κ1) is 21.6. The average Bonchev–Trinajstić information content (AvgIpc) is 3.26. The summed E-state index contributed by atoms with van der Waals surface area (Å²) in [6, 6.07) is 14.0. The highest BCUT2D eigenvalue weighted by molar-refractivity contribution is 5.93. The Kier molecular flexibility index (Phi) is 7.65. The third kappa shape index (κ3) is 5.49. The molecule has 0 aromatic heterocycles. The number of hydrogen-bond acceptors (Lipinski definition) is 5. The van der Waals surface area contributed by atoms with Gasteiger partial charge >= 0.3 is 0 Å². The second-order valence-corrected chi connectivity index (χ2v) is 7.18. The molecule has 30 heavy (non-hydrogen) atoms. The molecule has 7 nitrogen and oxygen atoms in total. The predicted molar refractivity (Wildman–Crippen MR) is 122 cm³/mol. The van der Waals surface area contributed by atoms with Crippen molar-refractivity contribution in [2.24, 2.45) is 10.9 Å². The zero-order valence-corrected chi connectivity index (χ0v) is 18.3. The summed E-state index contributed by atoms with van der Waals surface area (Å²) >= 11 is 0. The summed E-state index contributed by atoms with van der Waals surface area (Å²) in [5.74, 6) is 3.61. The minimum Gasteiger partial charge on any atom is -0.497 e. The van der Waals surface area contributed by atoms with Crippen molar-refractivity contribution in [3.63, 3.8) is 0 Å². The van der Waals surface area contributed by atoms with Crippen LogP contribution in [0.15, 0.2) is 47.5 Å². The SMILES string of the molecule is CCOc1cc(NC(=NC)NCC2CCN(c3cccc(OC)c3)C2)ccc1OC. The van der Waals surface area contributed by atoms with Crippen molar-refractivity contribution in [3.05, 3.63) is 42.5 Å². The maximum Gasteiger partial charge on any atom is 0.195 e. The Morgan fingerprint density at radius 2 is 2.00 bits per heavy atom. The highest BCUT2D eigenvalue weighted by Crippen LogP contribution is 2.30. The predicted octanol–water partition coefficient (Wildman–Crippen LogP) is 3.62. The number of methoxy groups -OCH3 is 2. The first-order valence-corrected chi connectivity index (χ1v) is 10.3. The molecule has 0 bridgehead atoms. The van der Waals surface area contributed by atoms with Gasteiger partial charge in [0.1, 0.15) is 5.75 Å². The summed E-state index contributed by atoms with van der Waals surface area (Å²) in [7, 11) is 5.12. The molecule has 0 amide bonds. The van der Waals surface area contributed by atoms with E-state index in [0.29, 0.717) is 24.0 Å². The van der Waals surface area contributed by atoms with Crippen LogP contribution in [0.3, 0.4) is 0 Å². The number of aliphatic imine (C=N–C) groups is 1. The molecule has 0 aliphatic carbocycles. The average molecular weight is 413 g/mol. The standard InChI is InChI=1S/C23H32N4O3/c1-5-30-22-13-18(9-10-21(22)29-4)26-23(24-2)25-15-17-11-12-27(16-17)19-7-6-8-20(14-19)28-3/h6-10,13-14,17H,5,11-12,15-16H2,1-4H3,(H2,24,25,26). The summed E-state index contributed by atoms with van der Waals surface area (Å²) in [6.45, 7) is 5.44. The minimum atomic E-state index is 0.546. The van der Waals surface area contributed by atoms with Crippen LogP contribution in [0.1, 0.15) is 13.3 Å². The van der Waals surface area contributed by atoms with Crippen LogP contribution in [0.4, 0.5) is 11.4 Å². The fourth-order valence-electron chi connectivity index (χ4n) is 3.62. The maximum absolute atomic E-state index is 5.66. The summed E-state index contributed by atoms with van der Waals surface area (Å²) in [5, 5.41) is 6.78. The smallest absolute Gasteiger partial charge is 0.195 e. The van der Waals surface area contributed by atoms with Gasteiger partial charge in [-0.05, 0) is 43.5 Å². The van der Waals surface area contributed by atoms with Crippen molar-refractivity contribution in [2.75, 3.05) is 57.7 Å². The van der Waals surface area contributed by atoms with Gasteiger partial charge < -0.3 is 29.7 Å². The van der Waals surface area contributed by atoms with Gasteiger partial charge in [-0.15, -0.1) is 0 Å². The Balaban J connectivity index is 1.54. The van der Waals surface area contributed by atoms with E-state index < -0.39 is 0 Å². The van der Waals surface area contributed by atoms with Crippen LogP contribution in [0, 0.1) is 5.92 Å². The van der Waals surface area contributed by atoms with Gasteiger partial charge in [0, 0.05) is 50.2 Å². The van der Waals surface area contributed by atoms with Crippen LogP contribution in [-0.2, 0) is 0 Å². The molecule has 3 rings (SSSR count). The molecule has 2 aromatic rings. The molecule has 2 N–H and O–H groups in total. The van der Waals surface area contributed by atoms with E-state index in [9.17, 15) is 0 Å². The Morgan fingerprint density at radius 1 is 1.13 bits per heavy atom. The van der Waals surface area contributed by atoms with Gasteiger partial charge in [-0.2, -0.15) is 0 Å². The monoisotopic (exact) mass is 412 g/mol. The van der Waals surface area contributed by atoms with E-state index >= 15 is 0 Å². The molecular formula is C23H32N4O3. The van der Waals surface area contributed by atoms with Crippen molar-refractivity contribution < 1.29 is 14.2 Å². The van der Waals surface area contributed by atoms with Gasteiger partial charge in [-0.3, -0.25) is 4.99 Å². The van der Waals surface area contributed by atoms with Crippen LogP contribution >= 0.6 is 0 Å². The van der Waals surface area contributed by atoms with E-state index in [4.69, 9.17) is 14.2 Å². The zero-order chi connectivity index (χ0) is 21.3. The van der Waals surface area contributed by atoms with Gasteiger partial charge in [-0.25, -0.2) is 0 Å². The van der Waals surface area contributed by atoms with Gasteiger partial charge in [-0.1, -0.05) is 6.07 Å². The lowest BCUT2D eigenvalue weighted by Gasteiger charge is -2.20. The fourth-order valence-corrected chi connectivity index (χ4v) is 3.62. The van der Waals surface area contributed by atoms with E-state index in [0.717, 1.165) is 43.5 Å². The number of anilines is 2. The molecule has 0 radical (unpaired) electrons. The lowest BCUT2D eigenvalue weighted by molar-refractivity contribution is 0.311. The quantitative estimate of drug-likeness (QED) is 0.510. The first-order chi connectivity index (χ1) is 14.7. The summed E-state index contributed by atoms with van der Waals surface area (Å²) in [6.07, 6.45) is 1.14. The van der Waals surface area contributed by atoms with Gasteiger partial charge in [0.05, 0.1) is 20.8 Å². The Hall–Kier alpha value is -3.09. The van der Waals surface area contributed by atoms with E-state index in [1.807, 2.05) is 37.3 Å². The van der Waals surface area contributed by atoms with Crippen LogP contribution < -0.4 is 29.7 Å².